The van der Waals surface area contributed by atoms with Gasteiger partial charge in [0.25, 0.3) is 5.69 Å². The van der Waals surface area contributed by atoms with Gasteiger partial charge in [0.15, 0.2) is 5.17 Å². The van der Waals surface area contributed by atoms with Crippen molar-refractivity contribution in [3.8, 4) is 0 Å². The molecule has 10 heteroatoms. The molecule has 186 valence electrons. The smallest absolute Gasteiger partial charge is 0.338 e. The lowest BCUT2D eigenvalue weighted by Gasteiger charge is -2.37. The Labute approximate surface area is 213 Å². The van der Waals surface area contributed by atoms with Gasteiger partial charge in [0.2, 0.25) is 5.91 Å². The second kappa shape index (κ2) is 10.8. The third-order valence-electron chi connectivity index (χ3n) is 5.98. The van der Waals surface area contributed by atoms with Crippen LogP contribution in [0.2, 0.25) is 0 Å². The van der Waals surface area contributed by atoms with Crippen LogP contribution in [0.3, 0.4) is 0 Å². The van der Waals surface area contributed by atoms with E-state index in [2.05, 4.69) is 0 Å². The first kappa shape index (κ1) is 25.2. The summed E-state index contributed by atoms with van der Waals surface area (Å²) in [5.41, 5.74) is 2.51. The summed E-state index contributed by atoms with van der Waals surface area (Å²) >= 11 is 1.35. The number of benzene rings is 2. The van der Waals surface area contributed by atoms with Crippen molar-refractivity contribution in [3.63, 3.8) is 0 Å². The standard InChI is InChI=1S/C26H26N4O5S/c1-4-28(3)21(31)15-20-16-36-26-27-23(17-10-7-6-8-11-17)22(25(32)35-5-2)24(29(20)26)18-12-9-13-19(14-18)30(33)34/h6-14,16,24H,4-5,15H2,1-3H3. The van der Waals surface area contributed by atoms with E-state index in [1.165, 1.54) is 23.9 Å². The van der Waals surface area contributed by atoms with Gasteiger partial charge in [0.1, 0.15) is 0 Å². The largest absolute Gasteiger partial charge is 0.463 e. The van der Waals surface area contributed by atoms with Crippen molar-refractivity contribution < 1.29 is 19.2 Å². The molecule has 2 aromatic carbocycles. The van der Waals surface area contributed by atoms with Crippen molar-refractivity contribution in [1.29, 1.82) is 0 Å². The quantitative estimate of drug-likeness (QED) is 0.289. The molecule has 1 unspecified atom stereocenters. The van der Waals surface area contributed by atoms with Crippen LogP contribution in [-0.4, -0.2) is 52.0 Å². The summed E-state index contributed by atoms with van der Waals surface area (Å²) in [7, 11) is 1.73. The molecule has 0 radical (unpaired) electrons. The zero-order chi connectivity index (χ0) is 25.8. The normalized spacial score (nSPS) is 16.8. The van der Waals surface area contributed by atoms with Gasteiger partial charge in [-0.2, -0.15) is 0 Å². The van der Waals surface area contributed by atoms with Gasteiger partial charge >= 0.3 is 5.97 Å². The number of non-ortho nitro benzene ring substituents is 1. The Bertz CT molecular complexity index is 1290. The summed E-state index contributed by atoms with van der Waals surface area (Å²) in [5.74, 6) is -0.650. The number of amides is 1. The highest BCUT2D eigenvalue weighted by molar-refractivity contribution is 8.16. The third-order valence-corrected chi connectivity index (χ3v) is 6.87. The van der Waals surface area contributed by atoms with Crippen LogP contribution < -0.4 is 0 Å². The fourth-order valence-corrected chi connectivity index (χ4v) is 5.00. The molecular weight excluding hydrogens is 480 g/mol. The molecule has 0 saturated heterocycles. The van der Waals surface area contributed by atoms with Gasteiger partial charge in [0, 0.05) is 37.0 Å². The summed E-state index contributed by atoms with van der Waals surface area (Å²) < 4.78 is 5.45. The molecule has 0 fully saturated rings. The zero-order valence-corrected chi connectivity index (χ0v) is 21.0. The lowest BCUT2D eigenvalue weighted by atomic mass is 9.91. The van der Waals surface area contributed by atoms with Gasteiger partial charge < -0.3 is 14.5 Å². The Morgan fingerprint density at radius 1 is 1.17 bits per heavy atom. The molecule has 2 aliphatic heterocycles. The van der Waals surface area contributed by atoms with E-state index in [0.29, 0.717) is 28.7 Å². The molecule has 0 bridgehead atoms. The second-order valence-electron chi connectivity index (χ2n) is 8.18. The number of ether oxygens (including phenoxy) is 1. The summed E-state index contributed by atoms with van der Waals surface area (Å²) in [5, 5.41) is 14.0. The molecule has 0 aromatic heterocycles. The van der Waals surface area contributed by atoms with E-state index in [4.69, 9.17) is 9.73 Å². The number of nitro groups is 1. The molecule has 0 spiro atoms. The van der Waals surface area contributed by atoms with Crippen LogP contribution in [0.1, 0.15) is 37.4 Å². The molecular formula is C26H26N4O5S. The van der Waals surface area contributed by atoms with Crippen molar-refractivity contribution in [2.24, 2.45) is 4.99 Å². The first-order valence-electron chi connectivity index (χ1n) is 11.5. The number of hydrogen-bond acceptors (Lipinski definition) is 8. The lowest BCUT2D eigenvalue weighted by molar-refractivity contribution is -0.384. The van der Waals surface area contributed by atoms with Crippen LogP contribution in [0, 0.1) is 10.1 Å². The Kier molecular flexibility index (Phi) is 7.54. The van der Waals surface area contributed by atoms with Crippen molar-refractivity contribution in [2.45, 2.75) is 26.3 Å². The maximum atomic E-state index is 13.4. The highest BCUT2D eigenvalue weighted by Gasteiger charge is 2.42. The molecule has 1 amide bonds. The van der Waals surface area contributed by atoms with Crippen molar-refractivity contribution >= 4 is 40.2 Å². The Morgan fingerprint density at radius 2 is 1.92 bits per heavy atom. The van der Waals surface area contributed by atoms with Crippen LogP contribution in [0.4, 0.5) is 5.69 Å². The van der Waals surface area contributed by atoms with Crippen molar-refractivity contribution in [2.75, 3.05) is 20.2 Å². The van der Waals surface area contributed by atoms with Crippen LogP contribution in [-0.2, 0) is 14.3 Å². The summed E-state index contributed by atoms with van der Waals surface area (Å²) in [6.45, 7) is 4.32. The van der Waals surface area contributed by atoms with E-state index in [1.807, 2.05) is 47.6 Å². The van der Waals surface area contributed by atoms with E-state index < -0.39 is 16.9 Å². The van der Waals surface area contributed by atoms with Crippen molar-refractivity contribution in [3.05, 3.63) is 92.5 Å². The van der Waals surface area contributed by atoms with Crippen LogP contribution in [0.5, 0.6) is 0 Å². The number of carbonyl (C=O) groups excluding carboxylic acids is 2. The van der Waals surface area contributed by atoms with Gasteiger partial charge in [0.05, 0.1) is 35.3 Å². The second-order valence-corrected chi connectivity index (χ2v) is 9.02. The average Bonchev–Trinajstić information content (AvgIpc) is 3.29. The minimum Gasteiger partial charge on any atom is -0.463 e. The van der Waals surface area contributed by atoms with Gasteiger partial charge in [-0.25, -0.2) is 9.79 Å². The molecule has 4 rings (SSSR count). The fourth-order valence-electron chi connectivity index (χ4n) is 4.08. The molecule has 36 heavy (non-hydrogen) atoms. The minimum atomic E-state index is -0.771. The lowest BCUT2D eigenvalue weighted by Crippen LogP contribution is -2.38. The Morgan fingerprint density at radius 3 is 2.58 bits per heavy atom. The Hall–Kier alpha value is -3.92. The summed E-state index contributed by atoms with van der Waals surface area (Å²) in [6.07, 6.45) is 0.0958. The van der Waals surface area contributed by atoms with E-state index >= 15 is 0 Å². The van der Waals surface area contributed by atoms with E-state index in [1.54, 1.807) is 31.0 Å². The van der Waals surface area contributed by atoms with Gasteiger partial charge in [-0.1, -0.05) is 54.2 Å². The van der Waals surface area contributed by atoms with Crippen LogP contribution in [0.25, 0.3) is 5.70 Å². The van der Waals surface area contributed by atoms with Gasteiger partial charge in [-0.3, -0.25) is 14.9 Å². The maximum absolute atomic E-state index is 13.4. The SMILES string of the molecule is CCOC(=O)C1=C(c2ccccc2)N=C2SC=C(CC(=O)N(C)CC)N2C1c1cccc([N+](=O)[O-])c1. The molecule has 0 aliphatic carbocycles. The highest BCUT2D eigenvalue weighted by atomic mass is 32.2. The number of nitrogens with zero attached hydrogens (tertiary/aromatic N) is 4. The number of amidine groups is 1. The predicted molar refractivity (Wildman–Crippen MR) is 139 cm³/mol. The molecule has 2 aromatic rings. The number of fused-ring (bicyclic) bond motifs is 1. The number of esters is 1. The number of carbonyl (C=O) groups is 2. The summed E-state index contributed by atoms with van der Waals surface area (Å²) in [4.78, 5) is 45.6. The predicted octanol–water partition coefficient (Wildman–Crippen LogP) is 4.74. The van der Waals surface area contributed by atoms with E-state index in [9.17, 15) is 19.7 Å². The van der Waals surface area contributed by atoms with E-state index in [0.717, 1.165) is 5.56 Å². The monoisotopic (exact) mass is 506 g/mol. The topological polar surface area (TPSA) is 105 Å². The molecule has 2 aliphatic rings. The maximum Gasteiger partial charge on any atom is 0.338 e. The molecule has 1 atom stereocenters. The first-order valence-corrected chi connectivity index (χ1v) is 12.4. The highest BCUT2D eigenvalue weighted by Crippen LogP contribution is 2.47. The number of nitro benzene ring substituents is 1. The molecule has 9 nitrogen and oxygen atoms in total. The Balaban J connectivity index is 1.92. The van der Waals surface area contributed by atoms with E-state index in [-0.39, 0.29) is 30.2 Å². The fraction of sp³-hybridized carbons (Fsp3) is 0.269. The van der Waals surface area contributed by atoms with Crippen LogP contribution in [0.15, 0.2) is 76.3 Å². The first-order chi connectivity index (χ1) is 17.3. The molecule has 0 saturated carbocycles. The number of aliphatic imine (C=N–C) groups is 1. The average molecular weight is 507 g/mol. The van der Waals surface area contributed by atoms with Crippen LogP contribution >= 0.6 is 11.8 Å². The molecule has 0 N–H and O–H groups in total. The number of thioether (sulfide) groups is 1. The summed E-state index contributed by atoms with van der Waals surface area (Å²) in [6, 6.07) is 14.7. The third kappa shape index (κ3) is 4.90. The minimum absolute atomic E-state index is 0.0843. The van der Waals surface area contributed by atoms with Gasteiger partial charge in [-0.05, 0) is 24.8 Å². The number of rotatable bonds is 8. The molecule has 2 heterocycles. The zero-order valence-electron chi connectivity index (χ0n) is 20.2. The number of hydrogen-bond donors (Lipinski definition) is 0. The van der Waals surface area contributed by atoms with Crippen molar-refractivity contribution in [1.82, 2.24) is 9.80 Å². The van der Waals surface area contributed by atoms with Gasteiger partial charge in [-0.15, -0.1) is 0 Å².